The molecule has 0 aromatic heterocycles. The Morgan fingerprint density at radius 2 is 2.00 bits per heavy atom. The zero-order valence-electron chi connectivity index (χ0n) is 8.93. The minimum absolute atomic E-state index is 0.0101. The highest BCUT2D eigenvalue weighted by molar-refractivity contribution is 5.79. The van der Waals surface area contributed by atoms with Gasteiger partial charge in [-0.2, -0.15) is 0 Å². The monoisotopic (exact) mass is 218 g/mol. The van der Waals surface area contributed by atoms with Crippen LogP contribution in [-0.4, -0.2) is 17.4 Å². The van der Waals surface area contributed by atoms with Crippen molar-refractivity contribution < 1.29 is 14.7 Å². The number of carboxylic acids is 1. The molecule has 1 atom stereocenters. The molecule has 0 saturated carbocycles. The maximum Gasteiger partial charge on any atom is 0.311 e. The summed E-state index contributed by atoms with van der Waals surface area (Å²) in [6.45, 7) is 3.63. The third kappa shape index (κ3) is 3.05. The van der Waals surface area contributed by atoms with Gasteiger partial charge in [-0.15, -0.1) is 6.58 Å². The summed E-state index contributed by atoms with van der Waals surface area (Å²) in [6, 6.07) is 7.22. The van der Waals surface area contributed by atoms with E-state index in [1.807, 2.05) is 12.1 Å². The van der Waals surface area contributed by atoms with Crippen LogP contribution in [0.2, 0.25) is 0 Å². The molecule has 0 bridgehead atoms. The second-order valence-electron chi connectivity index (χ2n) is 3.53. The highest BCUT2D eigenvalue weighted by Gasteiger charge is 2.18. The van der Waals surface area contributed by atoms with Crippen molar-refractivity contribution in [2.24, 2.45) is 0 Å². The van der Waals surface area contributed by atoms with Gasteiger partial charge in [0.05, 0.1) is 5.92 Å². The fourth-order valence-electron chi connectivity index (χ4n) is 1.53. The van der Waals surface area contributed by atoms with Crippen LogP contribution in [0.4, 0.5) is 0 Å². The summed E-state index contributed by atoms with van der Waals surface area (Å²) < 4.78 is 0. The molecule has 16 heavy (non-hydrogen) atoms. The summed E-state index contributed by atoms with van der Waals surface area (Å²) >= 11 is 0. The molecule has 0 saturated heterocycles. The van der Waals surface area contributed by atoms with E-state index in [2.05, 4.69) is 6.58 Å². The lowest BCUT2D eigenvalue weighted by Gasteiger charge is -2.09. The third-order valence-electron chi connectivity index (χ3n) is 2.39. The van der Waals surface area contributed by atoms with Crippen LogP contribution in [-0.2, 0) is 16.0 Å². The summed E-state index contributed by atoms with van der Waals surface area (Å²) in [4.78, 5) is 21.3. The van der Waals surface area contributed by atoms with E-state index >= 15 is 0 Å². The first-order chi connectivity index (χ1) is 7.69. The quantitative estimate of drug-likeness (QED) is 0.588. The highest BCUT2D eigenvalue weighted by atomic mass is 16.4. The standard InChI is InChI=1S/C13H14O3/c1-2-3-10-4-6-11(7-5-10)12(8-9-14)13(15)16/h2,4-7,9,12H,1,3,8H2,(H,15,16). The van der Waals surface area contributed by atoms with Gasteiger partial charge in [0, 0.05) is 6.42 Å². The van der Waals surface area contributed by atoms with Gasteiger partial charge in [0.25, 0.3) is 0 Å². The molecule has 1 aromatic rings. The topological polar surface area (TPSA) is 54.4 Å². The van der Waals surface area contributed by atoms with Gasteiger partial charge in [-0.05, 0) is 17.5 Å². The van der Waals surface area contributed by atoms with Crippen molar-refractivity contribution >= 4 is 12.3 Å². The van der Waals surface area contributed by atoms with Crippen LogP contribution in [0.1, 0.15) is 23.5 Å². The normalized spacial score (nSPS) is 11.8. The SMILES string of the molecule is C=CCc1ccc(C(CC=O)C(=O)O)cc1. The molecule has 0 spiro atoms. The van der Waals surface area contributed by atoms with Crippen LogP contribution in [0, 0.1) is 0 Å². The fraction of sp³-hybridized carbons (Fsp3) is 0.231. The molecule has 0 aliphatic rings. The molecule has 0 aliphatic carbocycles. The predicted molar refractivity (Wildman–Crippen MR) is 61.4 cm³/mol. The number of aliphatic carboxylic acids is 1. The molecule has 1 rings (SSSR count). The molecule has 0 heterocycles. The first kappa shape index (κ1) is 12.2. The number of carbonyl (C=O) groups is 2. The molecule has 1 N–H and O–H groups in total. The Hall–Kier alpha value is -1.90. The minimum Gasteiger partial charge on any atom is -0.481 e. The van der Waals surface area contributed by atoms with E-state index in [0.717, 1.165) is 12.0 Å². The number of aldehydes is 1. The zero-order chi connectivity index (χ0) is 12.0. The van der Waals surface area contributed by atoms with Gasteiger partial charge in [-0.3, -0.25) is 4.79 Å². The lowest BCUT2D eigenvalue weighted by atomic mass is 9.95. The van der Waals surface area contributed by atoms with Gasteiger partial charge >= 0.3 is 5.97 Å². The van der Waals surface area contributed by atoms with E-state index < -0.39 is 11.9 Å². The molecule has 1 unspecified atom stereocenters. The summed E-state index contributed by atoms with van der Waals surface area (Å²) in [6.07, 6.45) is 3.19. The van der Waals surface area contributed by atoms with Gasteiger partial charge in [-0.1, -0.05) is 30.3 Å². The number of allylic oxidation sites excluding steroid dienone is 1. The van der Waals surface area contributed by atoms with Gasteiger partial charge < -0.3 is 9.90 Å². The number of carboxylic acid groups (broad SMARTS) is 1. The van der Waals surface area contributed by atoms with Crippen LogP contribution in [0.25, 0.3) is 0 Å². The van der Waals surface area contributed by atoms with Gasteiger partial charge in [-0.25, -0.2) is 0 Å². The average Bonchev–Trinajstić information content (AvgIpc) is 2.27. The van der Waals surface area contributed by atoms with Crippen molar-refractivity contribution in [3.05, 3.63) is 48.0 Å². The van der Waals surface area contributed by atoms with Crippen LogP contribution in [0.3, 0.4) is 0 Å². The fourth-order valence-corrected chi connectivity index (χ4v) is 1.53. The van der Waals surface area contributed by atoms with Crippen molar-refractivity contribution in [1.29, 1.82) is 0 Å². The second-order valence-corrected chi connectivity index (χ2v) is 3.53. The van der Waals surface area contributed by atoms with Gasteiger partial charge in [0.2, 0.25) is 0 Å². The molecular formula is C13H14O3. The molecular weight excluding hydrogens is 204 g/mol. The number of carbonyl (C=O) groups excluding carboxylic acids is 1. The third-order valence-corrected chi connectivity index (χ3v) is 2.39. The Bertz CT molecular complexity index is 379. The molecule has 3 heteroatoms. The first-order valence-corrected chi connectivity index (χ1v) is 5.05. The molecule has 84 valence electrons. The summed E-state index contributed by atoms with van der Waals surface area (Å²) in [5.41, 5.74) is 1.74. The number of hydrogen-bond donors (Lipinski definition) is 1. The first-order valence-electron chi connectivity index (χ1n) is 5.05. The number of hydrogen-bond acceptors (Lipinski definition) is 2. The van der Waals surface area contributed by atoms with Crippen molar-refractivity contribution in [3.8, 4) is 0 Å². The Labute approximate surface area is 94.4 Å². The van der Waals surface area contributed by atoms with Crippen molar-refractivity contribution in [2.75, 3.05) is 0 Å². The van der Waals surface area contributed by atoms with Gasteiger partial charge in [0.1, 0.15) is 6.29 Å². The van der Waals surface area contributed by atoms with E-state index in [1.165, 1.54) is 0 Å². The minimum atomic E-state index is -0.969. The molecule has 3 nitrogen and oxygen atoms in total. The van der Waals surface area contributed by atoms with Crippen LogP contribution in [0.5, 0.6) is 0 Å². The van der Waals surface area contributed by atoms with Crippen LogP contribution in [0.15, 0.2) is 36.9 Å². The zero-order valence-corrected chi connectivity index (χ0v) is 8.93. The lowest BCUT2D eigenvalue weighted by Crippen LogP contribution is -2.12. The van der Waals surface area contributed by atoms with Crippen LogP contribution < -0.4 is 0 Å². The largest absolute Gasteiger partial charge is 0.481 e. The van der Waals surface area contributed by atoms with Crippen molar-refractivity contribution in [3.63, 3.8) is 0 Å². The highest BCUT2D eigenvalue weighted by Crippen LogP contribution is 2.19. The number of rotatable bonds is 6. The Balaban J connectivity index is 2.88. The number of benzene rings is 1. The van der Waals surface area contributed by atoms with Crippen molar-refractivity contribution in [1.82, 2.24) is 0 Å². The summed E-state index contributed by atoms with van der Waals surface area (Å²) in [5, 5.41) is 8.96. The average molecular weight is 218 g/mol. The molecule has 0 aliphatic heterocycles. The van der Waals surface area contributed by atoms with Crippen molar-refractivity contribution in [2.45, 2.75) is 18.8 Å². The van der Waals surface area contributed by atoms with Gasteiger partial charge in [0.15, 0.2) is 0 Å². The van der Waals surface area contributed by atoms with E-state index in [0.29, 0.717) is 11.8 Å². The molecule has 0 fully saturated rings. The lowest BCUT2D eigenvalue weighted by molar-refractivity contribution is -0.139. The maximum absolute atomic E-state index is 10.9. The van der Waals surface area contributed by atoms with E-state index in [1.54, 1.807) is 18.2 Å². The Morgan fingerprint density at radius 3 is 2.44 bits per heavy atom. The predicted octanol–water partition coefficient (Wildman–Crippen LogP) is 2.17. The van der Waals surface area contributed by atoms with E-state index in [-0.39, 0.29) is 6.42 Å². The van der Waals surface area contributed by atoms with E-state index in [4.69, 9.17) is 5.11 Å². The van der Waals surface area contributed by atoms with E-state index in [9.17, 15) is 9.59 Å². The molecule has 1 aromatic carbocycles. The second kappa shape index (κ2) is 5.85. The Morgan fingerprint density at radius 1 is 1.38 bits per heavy atom. The maximum atomic E-state index is 10.9. The van der Waals surface area contributed by atoms with Crippen LogP contribution >= 0.6 is 0 Å². The molecule has 0 radical (unpaired) electrons. The smallest absolute Gasteiger partial charge is 0.311 e. The Kier molecular flexibility index (Phi) is 4.45. The summed E-state index contributed by atoms with van der Waals surface area (Å²) in [5.74, 6) is -1.71. The summed E-state index contributed by atoms with van der Waals surface area (Å²) in [7, 11) is 0. The molecule has 0 amide bonds.